The molecule has 0 saturated heterocycles. The summed E-state index contributed by atoms with van der Waals surface area (Å²) < 4.78 is 0. The van der Waals surface area contributed by atoms with Gasteiger partial charge in [0.2, 0.25) is 5.91 Å². The van der Waals surface area contributed by atoms with Crippen LogP contribution in [0.5, 0.6) is 0 Å². The van der Waals surface area contributed by atoms with Crippen LogP contribution >= 0.6 is 11.6 Å². The summed E-state index contributed by atoms with van der Waals surface area (Å²) >= 11 is 5.80. The Morgan fingerprint density at radius 1 is 0.967 bits per heavy atom. The number of rotatable bonds is 7. The highest BCUT2D eigenvalue weighted by molar-refractivity contribution is 6.17. The zero-order valence-electron chi connectivity index (χ0n) is 16.6. The molecule has 3 rings (SSSR count). The minimum Gasteiger partial charge on any atom is -0.340 e. The van der Waals surface area contributed by atoms with Gasteiger partial charge in [-0.2, -0.15) is 5.26 Å². The Morgan fingerprint density at radius 2 is 1.63 bits per heavy atom. The molecular formula is C24H22ClN3O2. The highest BCUT2D eigenvalue weighted by atomic mass is 35.5. The van der Waals surface area contributed by atoms with E-state index < -0.39 is 18.0 Å². The lowest BCUT2D eigenvalue weighted by Gasteiger charge is -2.20. The Hall–Kier alpha value is -3.36. The Morgan fingerprint density at radius 3 is 2.30 bits per heavy atom. The normalized spacial score (nSPS) is 12.6. The number of fused-ring (bicyclic) bond motifs is 1. The predicted octanol–water partition coefficient (Wildman–Crippen LogP) is 3.95. The number of halogens is 1. The van der Waals surface area contributed by atoms with E-state index in [4.69, 9.17) is 16.9 Å². The third-order valence-corrected chi connectivity index (χ3v) is 5.11. The molecule has 0 radical (unpaired) electrons. The predicted molar refractivity (Wildman–Crippen MR) is 118 cm³/mol. The quantitative estimate of drug-likeness (QED) is 0.569. The van der Waals surface area contributed by atoms with Crippen molar-refractivity contribution in [2.45, 2.75) is 31.3 Å². The van der Waals surface area contributed by atoms with Crippen molar-refractivity contribution >= 4 is 34.2 Å². The fourth-order valence-electron chi connectivity index (χ4n) is 3.14. The highest BCUT2D eigenvalue weighted by Gasteiger charge is 2.23. The number of hydrogen-bond donors (Lipinski definition) is 2. The van der Waals surface area contributed by atoms with Crippen LogP contribution in [-0.4, -0.2) is 23.9 Å². The summed E-state index contributed by atoms with van der Waals surface area (Å²) in [7, 11) is 0. The van der Waals surface area contributed by atoms with Gasteiger partial charge < -0.3 is 10.6 Å². The number of nitriles is 1. The molecule has 2 amide bonds. The van der Waals surface area contributed by atoms with Gasteiger partial charge in [0.05, 0.1) is 6.07 Å². The van der Waals surface area contributed by atoms with Gasteiger partial charge in [0.25, 0.3) is 5.91 Å². The van der Waals surface area contributed by atoms with E-state index >= 15 is 0 Å². The molecule has 0 saturated carbocycles. The van der Waals surface area contributed by atoms with Gasteiger partial charge in [-0.05, 0) is 41.0 Å². The minimum atomic E-state index is -0.817. The van der Waals surface area contributed by atoms with Crippen LogP contribution in [-0.2, 0) is 17.1 Å². The molecular weight excluding hydrogens is 398 g/mol. The van der Waals surface area contributed by atoms with Crippen molar-refractivity contribution in [2.75, 3.05) is 0 Å². The van der Waals surface area contributed by atoms with Crippen molar-refractivity contribution in [3.63, 3.8) is 0 Å². The van der Waals surface area contributed by atoms with Crippen LogP contribution in [0.15, 0.2) is 66.7 Å². The minimum absolute atomic E-state index is 0.306. The lowest BCUT2D eigenvalue weighted by atomic mass is 10.0. The summed E-state index contributed by atoms with van der Waals surface area (Å²) in [4.78, 5) is 25.5. The molecule has 0 aromatic heterocycles. The Kier molecular flexibility index (Phi) is 7.05. The molecule has 0 heterocycles. The monoisotopic (exact) mass is 419 g/mol. The number of benzene rings is 3. The molecule has 2 atom stereocenters. The second-order valence-electron chi connectivity index (χ2n) is 7.10. The number of carbonyl (C=O) groups excluding carboxylic acids is 2. The van der Waals surface area contributed by atoms with Gasteiger partial charge in [0.15, 0.2) is 0 Å². The maximum Gasteiger partial charge on any atom is 0.251 e. The van der Waals surface area contributed by atoms with Crippen LogP contribution in [0.2, 0.25) is 0 Å². The molecule has 2 unspecified atom stereocenters. The molecule has 0 fully saturated rings. The number of alkyl halides is 1. The average molecular weight is 420 g/mol. The number of amides is 2. The van der Waals surface area contributed by atoms with Crippen LogP contribution < -0.4 is 10.6 Å². The first kappa shape index (κ1) is 21.4. The van der Waals surface area contributed by atoms with E-state index in [1.807, 2.05) is 48.5 Å². The van der Waals surface area contributed by atoms with Gasteiger partial charge >= 0.3 is 0 Å². The molecule has 0 spiro atoms. The first-order valence-electron chi connectivity index (χ1n) is 9.63. The van der Waals surface area contributed by atoms with Crippen molar-refractivity contribution in [3.05, 3.63) is 83.4 Å². The lowest BCUT2D eigenvalue weighted by molar-refractivity contribution is -0.123. The summed E-state index contributed by atoms with van der Waals surface area (Å²) in [5.74, 6) is -0.398. The van der Waals surface area contributed by atoms with Crippen molar-refractivity contribution in [1.82, 2.24) is 10.6 Å². The summed E-state index contributed by atoms with van der Waals surface area (Å²) in [6.45, 7) is 1.59. The Labute approximate surface area is 180 Å². The largest absolute Gasteiger partial charge is 0.340 e. The van der Waals surface area contributed by atoms with E-state index in [0.29, 0.717) is 17.9 Å². The molecule has 0 bridgehead atoms. The van der Waals surface area contributed by atoms with Gasteiger partial charge in [-0.25, -0.2) is 0 Å². The number of carbonyl (C=O) groups is 2. The van der Waals surface area contributed by atoms with Crippen LogP contribution in [0.25, 0.3) is 10.8 Å². The smallest absolute Gasteiger partial charge is 0.251 e. The Balaban J connectivity index is 1.82. The van der Waals surface area contributed by atoms with E-state index in [9.17, 15) is 9.59 Å². The number of nitrogens with zero attached hydrogens (tertiary/aromatic N) is 1. The van der Waals surface area contributed by atoms with Crippen LogP contribution in [0.3, 0.4) is 0 Å². The molecule has 3 aromatic carbocycles. The summed E-state index contributed by atoms with van der Waals surface area (Å²) in [5.41, 5.74) is 2.26. The standard InChI is InChI=1S/C24H22ClN3O2/c1-16(15-26)27-24(30)22(28-23(29)20-10-6-17(14-25)7-11-20)13-18-8-9-19-4-2-3-5-21(19)12-18/h2-12,16,22H,13-14H2,1H3,(H,27,30)(H,28,29). The first-order chi connectivity index (χ1) is 14.5. The summed E-state index contributed by atoms with van der Waals surface area (Å²) in [6, 6.07) is 21.3. The van der Waals surface area contributed by atoms with Crippen LogP contribution in [0, 0.1) is 11.3 Å². The fourth-order valence-corrected chi connectivity index (χ4v) is 3.32. The SMILES string of the molecule is CC(C#N)NC(=O)C(Cc1ccc2ccccc2c1)NC(=O)c1ccc(CCl)cc1. The van der Waals surface area contributed by atoms with E-state index in [-0.39, 0.29) is 5.91 Å². The van der Waals surface area contributed by atoms with Crippen molar-refractivity contribution in [3.8, 4) is 6.07 Å². The number of hydrogen-bond acceptors (Lipinski definition) is 3. The average Bonchev–Trinajstić information content (AvgIpc) is 2.78. The summed E-state index contributed by atoms with van der Waals surface area (Å²) in [6.07, 6.45) is 0.306. The maximum absolute atomic E-state index is 12.8. The second-order valence-corrected chi connectivity index (χ2v) is 7.37. The van der Waals surface area contributed by atoms with Crippen molar-refractivity contribution in [2.24, 2.45) is 0 Å². The molecule has 2 N–H and O–H groups in total. The molecule has 152 valence electrons. The molecule has 3 aromatic rings. The molecule has 6 heteroatoms. The Bertz CT molecular complexity index is 1090. The zero-order valence-corrected chi connectivity index (χ0v) is 17.3. The van der Waals surface area contributed by atoms with Gasteiger partial charge in [-0.3, -0.25) is 9.59 Å². The highest BCUT2D eigenvalue weighted by Crippen LogP contribution is 2.17. The van der Waals surface area contributed by atoms with Crippen LogP contribution in [0.1, 0.15) is 28.4 Å². The molecule has 0 aliphatic carbocycles. The third-order valence-electron chi connectivity index (χ3n) is 4.80. The number of nitrogens with one attached hydrogen (secondary N) is 2. The van der Waals surface area contributed by atoms with Crippen molar-refractivity contribution in [1.29, 1.82) is 5.26 Å². The molecule has 0 aliphatic heterocycles. The second kappa shape index (κ2) is 9.91. The zero-order chi connectivity index (χ0) is 21.5. The van der Waals surface area contributed by atoms with Crippen LogP contribution in [0.4, 0.5) is 0 Å². The fraction of sp³-hybridized carbons (Fsp3) is 0.208. The maximum atomic E-state index is 12.8. The third kappa shape index (κ3) is 5.37. The van der Waals surface area contributed by atoms with E-state index in [1.165, 1.54) is 0 Å². The first-order valence-corrected chi connectivity index (χ1v) is 10.2. The van der Waals surface area contributed by atoms with Gasteiger partial charge in [0, 0.05) is 17.9 Å². The van der Waals surface area contributed by atoms with Gasteiger partial charge in [-0.15, -0.1) is 11.6 Å². The van der Waals surface area contributed by atoms with E-state index in [0.717, 1.165) is 21.9 Å². The van der Waals surface area contributed by atoms with Gasteiger partial charge in [-0.1, -0.05) is 54.6 Å². The van der Waals surface area contributed by atoms with Gasteiger partial charge in [0.1, 0.15) is 12.1 Å². The van der Waals surface area contributed by atoms with E-state index in [2.05, 4.69) is 10.6 Å². The molecule has 30 heavy (non-hydrogen) atoms. The van der Waals surface area contributed by atoms with Crippen molar-refractivity contribution < 1.29 is 9.59 Å². The summed E-state index contributed by atoms with van der Waals surface area (Å²) in [5, 5.41) is 16.6. The topological polar surface area (TPSA) is 82.0 Å². The van der Waals surface area contributed by atoms with E-state index in [1.54, 1.807) is 31.2 Å². The molecule has 0 aliphatic rings. The molecule has 5 nitrogen and oxygen atoms in total. The lowest BCUT2D eigenvalue weighted by Crippen LogP contribution is -2.50.